The summed E-state index contributed by atoms with van der Waals surface area (Å²) in [6, 6.07) is 0.303. The van der Waals surface area contributed by atoms with Crippen molar-refractivity contribution >= 4 is 17.5 Å². The van der Waals surface area contributed by atoms with Crippen LogP contribution in [0.1, 0.15) is 40.0 Å². The Bertz CT molecular complexity index is 423. The molecule has 106 valence electrons. The van der Waals surface area contributed by atoms with Gasteiger partial charge in [-0.1, -0.05) is 6.42 Å². The molecule has 0 N–H and O–H groups in total. The molecule has 1 saturated carbocycles. The molecule has 0 atom stereocenters. The second kappa shape index (κ2) is 6.37. The van der Waals surface area contributed by atoms with Gasteiger partial charge in [0, 0.05) is 13.1 Å². The average molecular weight is 285 g/mol. The Labute approximate surface area is 119 Å². The molecular formula is C13H21ClN4O. The number of aromatic nitrogens is 3. The zero-order valence-electron chi connectivity index (χ0n) is 11.8. The number of anilines is 1. The highest BCUT2D eigenvalue weighted by Crippen LogP contribution is 2.28. The van der Waals surface area contributed by atoms with Gasteiger partial charge in [0.2, 0.25) is 11.2 Å². The zero-order valence-corrected chi connectivity index (χ0v) is 12.5. The van der Waals surface area contributed by atoms with Crippen molar-refractivity contribution in [1.29, 1.82) is 0 Å². The van der Waals surface area contributed by atoms with Gasteiger partial charge in [-0.05, 0) is 51.1 Å². The van der Waals surface area contributed by atoms with E-state index in [1.165, 1.54) is 19.3 Å². The molecule has 1 aliphatic carbocycles. The van der Waals surface area contributed by atoms with Crippen molar-refractivity contribution in [1.82, 2.24) is 15.0 Å². The number of halogens is 1. The summed E-state index contributed by atoms with van der Waals surface area (Å²) in [5, 5.41) is 0.188. The third-order valence-corrected chi connectivity index (χ3v) is 3.45. The minimum atomic E-state index is 0.0213. The van der Waals surface area contributed by atoms with Crippen LogP contribution in [0, 0.1) is 5.92 Å². The molecule has 1 aromatic rings. The van der Waals surface area contributed by atoms with Gasteiger partial charge in [0.15, 0.2) is 0 Å². The Kier molecular flexibility index (Phi) is 4.80. The molecule has 1 aliphatic rings. The van der Waals surface area contributed by atoms with Gasteiger partial charge in [0.1, 0.15) is 0 Å². The quantitative estimate of drug-likeness (QED) is 0.804. The van der Waals surface area contributed by atoms with Crippen LogP contribution in [-0.4, -0.2) is 34.1 Å². The van der Waals surface area contributed by atoms with Gasteiger partial charge in [0.05, 0.1) is 6.10 Å². The largest absolute Gasteiger partial charge is 0.461 e. The lowest BCUT2D eigenvalue weighted by Gasteiger charge is -2.31. The predicted octanol–water partition coefficient (Wildman–Crippen LogP) is 2.94. The van der Waals surface area contributed by atoms with Crippen molar-refractivity contribution in [2.45, 2.75) is 46.1 Å². The van der Waals surface area contributed by atoms with E-state index in [0.29, 0.717) is 12.0 Å². The summed E-state index contributed by atoms with van der Waals surface area (Å²) >= 11 is 5.95. The molecule has 0 aromatic carbocycles. The first-order valence-corrected chi connectivity index (χ1v) is 7.29. The van der Waals surface area contributed by atoms with Crippen molar-refractivity contribution in [3.8, 4) is 6.01 Å². The smallest absolute Gasteiger partial charge is 0.322 e. The van der Waals surface area contributed by atoms with E-state index in [0.717, 1.165) is 19.0 Å². The highest BCUT2D eigenvalue weighted by atomic mass is 35.5. The summed E-state index contributed by atoms with van der Waals surface area (Å²) in [5.41, 5.74) is 0. The van der Waals surface area contributed by atoms with Crippen molar-refractivity contribution in [2.24, 2.45) is 5.92 Å². The van der Waals surface area contributed by atoms with Crippen LogP contribution in [-0.2, 0) is 0 Å². The van der Waals surface area contributed by atoms with Crippen molar-refractivity contribution in [3.05, 3.63) is 5.28 Å². The number of rotatable bonds is 6. The molecule has 0 spiro atoms. The van der Waals surface area contributed by atoms with E-state index in [-0.39, 0.29) is 11.4 Å². The van der Waals surface area contributed by atoms with Crippen LogP contribution in [0.3, 0.4) is 0 Å². The second-order valence-electron chi connectivity index (χ2n) is 5.19. The maximum atomic E-state index is 5.95. The standard InChI is InChI=1S/C13H21ClN4O/c1-4-18(8-10-6-5-7-10)12-15-11(14)16-13(17-12)19-9(2)3/h9-10H,4-8H2,1-3H3. The molecule has 2 rings (SSSR count). The van der Waals surface area contributed by atoms with E-state index in [2.05, 4.69) is 26.8 Å². The Morgan fingerprint density at radius 3 is 2.58 bits per heavy atom. The summed E-state index contributed by atoms with van der Waals surface area (Å²) in [7, 11) is 0. The number of hydrogen-bond donors (Lipinski definition) is 0. The monoisotopic (exact) mass is 284 g/mol. The molecule has 1 aromatic heterocycles. The first-order chi connectivity index (χ1) is 9.08. The van der Waals surface area contributed by atoms with Crippen LogP contribution in [0.4, 0.5) is 5.95 Å². The molecule has 5 nitrogen and oxygen atoms in total. The molecule has 0 aliphatic heterocycles. The van der Waals surface area contributed by atoms with Gasteiger partial charge in [0.25, 0.3) is 0 Å². The van der Waals surface area contributed by atoms with Gasteiger partial charge >= 0.3 is 6.01 Å². The minimum Gasteiger partial charge on any atom is -0.461 e. The fourth-order valence-electron chi connectivity index (χ4n) is 2.07. The molecule has 6 heteroatoms. The number of nitrogens with zero attached hydrogens (tertiary/aromatic N) is 4. The Morgan fingerprint density at radius 1 is 1.32 bits per heavy atom. The van der Waals surface area contributed by atoms with Crippen LogP contribution in [0.25, 0.3) is 0 Å². The predicted molar refractivity (Wildman–Crippen MR) is 75.8 cm³/mol. The van der Waals surface area contributed by atoms with E-state index >= 15 is 0 Å². The summed E-state index contributed by atoms with van der Waals surface area (Å²) in [4.78, 5) is 14.7. The Morgan fingerprint density at radius 2 is 2.05 bits per heavy atom. The molecular weight excluding hydrogens is 264 g/mol. The lowest BCUT2D eigenvalue weighted by molar-refractivity contribution is 0.221. The van der Waals surface area contributed by atoms with Gasteiger partial charge in [-0.15, -0.1) is 0 Å². The fraction of sp³-hybridized carbons (Fsp3) is 0.769. The van der Waals surface area contributed by atoms with Gasteiger partial charge in [-0.3, -0.25) is 0 Å². The van der Waals surface area contributed by atoms with Crippen LogP contribution in [0.5, 0.6) is 6.01 Å². The fourth-order valence-corrected chi connectivity index (χ4v) is 2.21. The lowest BCUT2D eigenvalue weighted by Crippen LogP contribution is -2.33. The van der Waals surface area contributed by atoms with Crippen molar-refractivity contribution in [2.75, 3.05) is 18.0 Å². The Balaban J connectivity index is 2.13. The number of hydrogen-bond acceptors (Lipinski definition) is 5. The third kappa shape index (κ3) is 3.93. The molecule has 0 saturated heterocycles. The third-order valence-electron chi connectivity index (χ3n) is 3.28. The molecule has 1 heterocycles. The second-order valence-corrected chi connectivity index (χ2v) is 5.53. The molecule has 0 unspecified atom stereocenters. The molecule has 1 fully saturated rings. The SMILES string of the molecule is CCN(CC1CCC1)c1nc(Cl)nc(OC(C)C)n1. The maximum absolute atomic E-state index is 5.95. The van der Waals surface area contributed by atoms with E-state index in [1.807, 2.05) is 13.8 Å². The summed E-state index contributed by atoms with van der Waals surface area (Å²) in [6.45, 7) is 7.81. The molecule has 19 heavy (non-hydrogen) atoms. The highest BCUT2D eigenvalue weighted by Gasteiger charge is 2.22. The minimum absolute atomic E-state index is 0.0213. The summed E-state index contributed by atoms with van der Waals surface area (Å²) < 4.78 is 5.50. The first-order valence-electron chi connectivity index (χ1n) is 6.91. The van der Waals surface area contributed by atoms with Gasteiger partial charge in [-0.25, -0.2) is 0 Å². The van der Waals surface area contributed by atoms with Crippen LogP contribution in [0.2, 0.25) is 5.28 Å². The van der Waals surface area contributed by atoms with Gasteiger partial charge in [-0.2, -0.15) is 15.0 Å². The van der Waals surface area contributed by atoms with Crippen molar-refractivity contribution < 1.29 is 4.74 Å². The van der Waals surface area contributed by atoms with Crippen molar-refractivity contribution in [3.63, 3.8) is 0 Å². The summed E-state index contributed by atoms with van der Waals surface area (Å²) in [6.07, 6.45) is 3.95. The number of ether oxygens (including phenoxy) is 1. The van der Waals surface area contributed by atoms with Gasteiger partial charge < -0.3 is 9.64 Å². The normalized spacial score (nSPS) is 15.4. The summed E-state index contributed by atoms with van der Waals surface area (Å²) in [5.74, 6) is 1.37. The highest BCUT2D eigenvalue weighted by molar-refractivity contribution is 6.28. The van der Waals surface area contributed by atoms with Crippen LogP contribution < -0.4 is 9.64 Å². The zero-order chi connectivity index (χ0) is 13.8. The Hall–Kier alpha value is -1.10. The lowest BCUT2D eigenvalue weighted by atomic mass is 9.85. The molecule has 0 amide bonds. The average Bonchev–Trinajstić information content (AvgIpc) is 2.25. The first kappa shape index (κ1) is 14.3. The maximum Gasteiger partial charge on any atom is 0.322 e. The van der Waals surface area contributed by atoms with Crippen LogP contribution >= 0.6 is 11.6 Å². The van der Waals surface area contributed by atoms with E-state index in [4.69, 9.17) is 16.3 Å². The topological polar surface area (TPSA) is 51.1 Å². The van der Waals surface area contributed by atoms with E-state index < -0.39 is 0 Å². The van der Waals surface area contributed by atoms with E-state index in [9.17, 15) is 0 Å². The molecule has 0 radical (unpaired) electrons. The molecule has 0 bridgehead atoms. The van der Waals surface area contributed by atoms with Crippen LogP contribution in [0.15, 0.2) is 0 Å². The van der Waals surface area contributed by atoms with E-state index in [1.54, 1.807) is 0 Å².